The molecular formula is C60H100IN23O19. The first kappa shape index (κ1) is 87.8. The third-order valence-corrected chi connectivity index (χ3v) is 16.7. The second-order valence-electron chi connectivity index (χ2n) is 24.4. The summed E-state index contributed by atoms with van der Waals surface area (Å²) >= 11 is 2.00. The molecule has 576 valence electrons. The van der Waals surface area contributed by atoms with E-state index < -0.39 is 181 Å². The van der Waals surface area contributed by atoms with Crippen molar-refractivity contribution in [2.24, 2.45) is 50.1 Å². The average Bonchev–Trinajstić information content (AvgIpc) is 1.61. The smallest absolute Gasteiger partial charge is 0.326 e. The topological polar surface area (TPSA) is 716 Å². The zero-order valence-electron chi connectivity index (χ0n) is 57.5. The van der Waals surface area contributed by atoms with Crippen LogP contribution in [0.25, 0.3) is 11.0 Å². The zero-order valence-corrected chi connectivity index (χ0v) is 59.6. The van der Waals surface area contributed by atoms with Gasteiger partial charge in [0.25, 0.3) is 5.91 Å². The van der Waals surface area contributed by atoms with Crippen LogP contribution in [-0.4, -0.2) is 240 Å². The molecule has 0 unspecified atom stereocenters. The maximum absolute atomic E-state index is 14.6. The maximum Gasteiger partial charge on any atom is 0.326 e. The number of carboxylic acid groups (broad SMARTS) is 2. The molecule has 1 aliphatic heterocycles. The number of halogens is 1. The number of ether oxygens (including phenoxy) is 1. The highest BCUT2D eigenvalue weighted by atomic mass is 127. The fraction of sp³-hybridized carbons (Fsp3) is 0.650. The number of carboxylic acids is 2. The van der Waals surface area contributed by atoms with Crippen molar-refractivity contribution in [3.05, 3.63) is 16.1 Å². The van der Waals surface area contributed by atoms with Gasteiger partial charge in [0, 0.05) is 48.8 Å². The van der Waals surface area contributed by atoms with Crippen LogP contribution in [0.15, 0.2) is 22.5 Å². The second kappa shape index (κ2) is 44.8. The fourth-order valence-corrected chi connectivity index (χ4v) is 11.1. The van der Waals surface area contributed by atoms with Gasteiger partial charge in [-0.25, -0.2) is 14.8 Å². The van der Waals surface area contributed by atoms with Crippen LogP contribution in [0.5, 0.6) is 0 Å². The second-order valence-corrected chi connectivity index (χ2v) is 25.6. The summed E-state index contributed by atoms with van der Waals surface area (Å²) in [4.78, 5) is 188. The number of aliphatic hydroxyl groups excluding tert-OH is 3. The van der Waals surface area contributed by atoms with Gasteiger partial charge in [0.1, 0.15) is 78.3 Å². The summed E-state index contributed by atoms with van der Waals surface area (Å²) in [6.07, 6.45) is -5.39. The Balaban J connectivity index is 1.74. The first-order valence-corrected chi connectivity index (χ1v) is 34.4. The van der Waals surface area contributed by atoms with E-state index in [9.17, 15) is 87.9 Å². The van der Waals surface area contributed by atoms with Crippen molar-refractivity contribution in [1.29, 1.82) is 0 Å². The van der Waals surface area contributed by atoms with E-state index in [1.165, 1.54) is 24.7 Å². The first-order valence-electron chi connectivity index (χ1n) is 33.3. The minimum Gasteiger partial charge on any atom is -0.481 e. The monoisotopic (exact) mass is 1570 g/mol. The van der Waals surface area contributed by atoms with E-state index in [2.05, 4.69) is 73.1 Å². The summed E-state index contributed by atoms with van der Waals surface area (Å²) in [6.45, 7) is 3.82. The summed E-state index contributed by atoms with van der Waals surface area (Å²) in [5, 5.41) is 76.8. The molecule has 2 aromatic rings. The Morgan fingerprint density at radius 3 is 1.63 bits per heavy atom. The summed E-state index contributed by atoms with van der Waals surface area (Å²) in [6, 6.07) is -13.5. The van der Waals surface area contributed by atoms with E-state index >= 15 is 0 Å². The SMILES string of the molecule is C[C@H](N)C(=O)N[C@@H](CCCN=C(N)N)C(=O)N[C@@H](CCCCNC(=O)C[C@@H](NC(=O)CCCCCNC(=O)[C@H]1O[C@@H](n2cc(I)c3c(N)ncnc32)[C@H](O)[C@@H]1O)C(=O)O)C(=O)N[C@@H](CCCN=C(N)N)C(=O)N[C@@H](CCC(=O)O)C(=O)N[C@H](C(=O)N[C@@H](C)C(=O)N[C@H](CCCCN)C(N)=O)[C@H](C)O. The van der Waals surface area contributed by atoms with Gasteiger partial charge in [0.05, 0.1) is 24.0 Å². The molecule has 2 aromatic heterocycles. The number of nitrogens with two attached hydrogens (primary N) is 8. The molecule has 0 radical (unpaired) electrons. The van der Waals surface area contributed by atoms with Gasteiger partial charge < -0.3 is 134 Å². The molecule has 1 fully saturated rings. The lowest BCUT2D eigenvalue weighted by Gasteiger charge is -2.28. The maximum atomic E-state index is 14.6. The molecule has 31 N–H and O–H groups in total. The van der Waals surface area contributed by atoms with Gasteiger partial charge in [-0.05, 0) is 133 Å². The Kier molecular flexibility index (Phi) is 38.2. The van der Waals surface area contributed by atoms with Crippen molar-refractivity contribution < 1.29 is 92.6 Å². The number of aliphatic imine (C=N–C) groups is 2. The predicted octanol–water partition coefficient (Wildman–Crippen LogP) is -8.11. The third kappa shape index (κ3) is 30.6. The van der Waals surface area contributed by atoms with Gasteiger partial charge in [0.2, 0.25) is 59.1 Å². The molecule has 0 saturated carbocycles. The molecule has 0 aromatic carbocycles. The van der Waals surface area contributed by atoms with Crippen molar-refractivity contribution in [2.75, 3.05) is 38.5 Å². The normalized spacial score (nSPS) is 17.6. The quantitative estimate of drug-likeness (QED) is 0.0127. The van der Waals surface area contributed by atoms with E-state index in [1.807, 2.05) is 22.6 Å². The van der Waals surface area contributed by atoms with Crippen molar-refractivity contribution in [1.82, 2.24) is 67.7 Å². The van der Waals surface area contributed by atoms with E-state index in [0.29, 0.717) is 46.8 Å². The molecule has 14 atom stereocenters. The van der Waals surface area contributed by atoms with Crippen molar-refractivity contribution in [2.45, 2.75) is 215 Å². The Morgan fingerprint density at radius 2 is 1.10 bits per heavy atom. The molecule has 11 amide bonds. The molecule has 103 heavy (non-hydrogen) atoms. The minimum atomic E-state index is -1.85. The molecular weight excluding hydrogens is 1470 g/mol. The number of unbranched alkanes of at least 4 members (excludes halogenated alkanes) is 4. The number of primary amides is 1. The number of aliphatic hydroxyl groups is 3. The van der Waals surface area contributed by atoms with Crippen molar-refractivity contribution in [3.8, 4) is 0 Å². The standard InChI is InChI=1S/C60H100IN23O19/c1-28(63)49(93)79-34(15-11-23-72-59(66)67)52(96)80-33(14-7-10-21-70-39(87)25-37(58(101)102)77-38(86)17-5-4-9-22-71-56(100)45-43(90)44(91)57(103-45)84-26-31(61)41-46(64)74-27-75-48(41)84)51(95)81-35(16-12-24-73-60(68)69)53(97)82-36(18-19-40(88)89)54(98)83-42(30(3)85)55(99)76-29(2)50(94)78-32(47(65)92)13-6-8-20-62/h26-30,32-37,42-45,57,85,90-91H,4-25,62-63H2,1-3H3,(H2,65,92)(H,70,87)(H,71,100)(H,76,99)(H,77,86)(H,78,94)(H,79,93)(H,80,96)(H,81,95)(H,82,97)(H,83,98)(H,88,89)(H,101,102)(H2,64,74,75)(H4,66,67,72)(H4,68,69,73)/t28-,29-,30-,32+,33-,34-,35-,36-,37+,42-,43-,44+,45-,57+/m0/s1. The molecule has 1 saturated heterocycles. The number of nitrogen functional groups attached to an aromatic ring is 1. The summed E-state index contributed by atoms with van der Waals surface area (Å²) < 4.78 is 7.88. The number of aromatic nitrogens is 3. The van der Waals surface area contributed by atoms with Gasteiger partial charge in [-0.1, -0.05) is 6.42 Å². The number of aliphatic carboxylic acids is 2. The Bertz CT molecular complexity index is 3300. The summed E-state index contributed by atoms with van der Waals surface area (Å²) in [5.41, 5.74) is 45.1. The minimum absolute atomic E-state index is 0.00398. The van der Waals surface area contributed by atoms with Crippen LogP contribution in [0.1, 0.15) is 136 Å². The van der Waals surface area contributed by atoms with E-state index in [-0.39, 0.29) is 108 Å². The van der Waals surface area contributed by atoms with Crippen LogP contribution in [-0.2, 0) is 67.1 Å². The summed E-state index contributed by atoms with van der Waals surface area (Å²) in [7, 11) is 0. The number of guanidine groups is 2. The van der Waals surface area contributed by atoms with Crippen LogP contribution in [0, 0.1) is 3.57 Å². The van der Waals surface area contributed by atoms with Crippen LogP contribution < -0.4 is 99.0 Å². The number of amides is 11. The van der Waals surface area contributed by atoms with Gasteiger partial charge in [-0.3, -0.25) is 67.5 Å². The largest absolute Gasteiger partial charge is 0.481 e. The van der Waals surface area contributed by atoms with E-state index in [4.69, 9.17) is 50.6 Å². The van der Waals surface area contributed by atoms with E-state index in [1.54, 1.807) is 6.20 Å². The predicted molar refractivity (Wildman–Crippen MR) is 376 cm³/mol. The van der Waals surface area contributed by atoms with Crippen LogP contribution in [0.2, 0.25) is 0 Å². The number of fused-ring (bicyclic) bond motifs is 1. The number of anilines is 1. The molecule has 3 rings (SSSR count). The highest BCUT2D eigenvalue weighted by Gasteiger charge is 2.48. The third-order valence-electron chi connectivity index (χ3n) is 15.9. The van der Waals surface area contributed by atoms with Gasteiger partial charge in [0.15, 0.2) is 24.3 Å². The number of carbonyl (C=O) groups is 13. The fourth-order valence-electron chi connectivity index (χ4n) is 10.3. The lowest BCUT2D eigenvalue weighted by atomic mass is 10.0. The molecule has 0 aliphatic carbocycles. The van der Waals surface area contributed by atoms with Gasteiger partial charge >= 0.3 is 11.9 Å². The van der Waals surface area contributed by atoms with Crippen LogP contribution in [0.4, 0.5) is 5.82 Å². The Morgan fingerprint density at radius 1 is 0.583 bits per heavy atom. The number of carbonyl (C=O) groups excluding carboxylic acids is 11. The zero-order chi connectivity index (χ0) is 77.2. The molecule has 43 heteroatoms. The highest BCUT2D eigenvalue weighted by Crippen LogP contribution is 2.35. The lowest BCUT2D eigenvalue weighted by molar-refractivity contribution is -0.143. The van der Waals surface area contributed by atoms with Crippen molar-refractivity contribution >= 4 is 128 Å². The number of nitrogens with zero attached hydrogens (tertiary/aromatic N) is 5. The molecule has 0 spiro atoms. The van der Waals surface area contributed by atoms with Crippen LogP contribution in [0.3, 0.4) is 0 Å². The number of nitrogens with one attached hydrogen (secondary N) is 10. The molecule has 3 heterocycles. The average molecular weight is 1570 g/mol. The lowest BCUT2D eigenvalue weighted by Crippen LogP contribution is -2.61. The summed E-state index contributed by atoms with van der Waals surface area (Å²) in [5.74, 6) is -13.5. The van der Waals surface area contributed by atoms with Gasteiger partial charge in [-0.15, -0.1) is 0 Å². The number of hydrogen-bond acceptors (Lipinski definition) is 24. The first-order chi connectivity index (χ1) is 48.6. The number of rotatable bonds is 48. The molecule has 1 aliphatic rings. The molecule has 0 bridgehead atoms. The van der Waals surface area contributed by atoms with Crippen molar-refractivity contribution in [3.63, 3.8) is 0 Å². The van der Waals surface area contributed by atoms with Gasteiger partial charge in [-0.2, -0.15) is 0 Å². The molecule has 42 nitrogen and oxygen atoms in total. The Hall–Kier alpha value is -9.44. The van der Waals surface area contributed by atoms with Crippen LogP contribution >= 0.6 is 22.6 Å². The highest BCUT2D eigenvalue weighted by molar-refractivity contribution is 14.1. The van der Waals surface area contributed by atoms with E-state index in [0.717, 1.165) is 6.92 Å². The number of hydrogen-bond donors (Lipinski definition) is 23. The Labute approximate surface area is 605 Å².